The number of rotatable bonds is 6. The first-order chi connectivity index (χ1) is 14.1. The smallest absolute Gasteiger partial charge is 0.416 e. The van der Waals surface area contributed by atoms with Crippen molar-refractivity contribution in [3.8, 4) is 11.3 Å². The van der Waals surface area contributed by atoms with Crippen molar-refractivity contribution in [3.63, 3.8) is 0 Å². The average Bonchev–Trinajstić information content (AvgIpc) is 3.22. The number of nitrogens with two attached hydrogens (primary N) is 1. The summed E-state index contributed by atoms with van der Waals surface area (Å²) in [5.41, 5.74) is 6.27. The van der Waals surface area contributed by atoms with Gasteiger partial charge in [-0.05, 0) is 30.7 Å². The summed E-state index contributed by atoms with van der Waals surface area (Å²) in [5.74, 6) is 0.653. The summed E-state index contributed by atoms with van der Waals surface area (Å²) in [6.45, 7) is 1.58. The Morgan fingerprint density at radius 1 is 1.40 bits per heavy atom. The fourth-order valence-corrected chi connectivity index (χ4v) is 3.33. The minimum absolute atomic E-state index is 0.0665. The van der Waals surface area contributed by atoms with E-state index in [1.807, 2.05) is 0 Å². The Morgan fingerprint density at radius 2 is 2.10 bits per heavy atom. The molecule has 1 atom stereocenters. The molecule has 2 aromatic heterocycles. The van der Waals surface area contributed by atoms with Crippen LogP contribution in [0.15, 0.2) is 46.6 Å². The third-order valence-electron chi connectivity index (χ3n) is 4.49. The summed E-state index contributed by atoms with van der Waals surface area (Å²) < 4.78 is 46.8. The molecule has 2 heterocycles. The Bertz CT molecular complexity index is 1050. The number of nitrogens with zero attached hydrogens (tertiary/aromatic N) is 2. The fourth-order valence-electron chi connectivity index (χ4n) is 3.06. The number of nitrogens with one attached hydrogen (secondary N) is 1. The molecule has 30 heavy (non-hydrogen) atoms. The predicted molar refractivity (Wildman–Crippen MR) is 107 cm³/mol. The van der Waals surface area contributed by atoms with Crippen LogP contribution in [0.4, 0.5) is 13.2 Å². The first-order valence-electron chi connectivity index (χ1n) is 8.91. The zero-order valence-corrected chi connectivity index (χ0v) is 16.9. The SMILES string of the molecule is Cc1oc(C(O)N/C(=C/c2ccccc2C(F)(F)F)CN)cc1-c1c(Cl)cnn1C. The molecular formula is C20H20ClF3N4O2. The maximum atomic E-state index is 13.2. The number of benzene rings is 1. The Labute approximate surface area is 175 Å². The summed E-state index contributed by atoms with van der Waals surface area (Å²) in [6.07, 6.45) is -3.11. The van der Waals surface area contributed by atoms with Gasteiger partial charge in [-0.15, -0.1) is 0 Å². The van der Waals surface area contributed by atoms with Gasteiger partial charge in [0.15, 0.2) is 12.0 Å². The monoisotopic (exact) mass is 440 g/mol. The van der Waals surface area contributed by atoms with Crippen molar-refractivity contribution in [2.24, 2.45) is 12.8 Å². The van der Waals surface area contributed by atoms with Gasteiger partial charge in [-0.3, -0.25) is 4.68 Å². The number of aliphatic hydroxyl groups excluding tert-OH is 1. The van der Waals surface area contributed by atoms with Crippen LogP contribution in [-0.2, 0) is 13.2 Å². The van der Waals surface area contributed by atoms with E-state index >= 15 is 0 Å². The number of hydrogen-bond donors (Lipinski definition) is 3. The van der Waals surface area contributed by atoms with E-state index in [0.717, 1.165) is 6.07 Å². The quantitative estimate of drug-likeness (QED) is 0.499. The van der Waals surface area contributed by atoms with E-state index in [0.29, 0.717) is 22.0 Å². The molecule has 0 radical (unpaired) electrons. The lowest BCUT2D eigenvalue weighted by Gasteiger charge is -2.16. The number of aliphatic hydroxyl groups is 1. The lowest BCUT2D eigenvalue weighted by Crippen LogP contribution is -2.25. The molecule has 0 spiro atoms. The van der Waals surface area contributed by atoms with Crippen LogP contribution < -0.4 is 11.1 Å². The highest BCUT2D eigenvalue weighted by atomic mass is 35.5. The molecule has 0 aliphatic carbocycles. The third kappa shape index (κ3) is 4.53. The molecule has 0 bridgehead atoms. The van der Waals surface area contributed by atoms with Gasteiger partial charge in [0.1, 0.15) is 5.76 Å². The van der Waals surface area contributed by atoms with Crippen LogP contribution in [0.5, 0.6) is 0 Å². The molecule has 3 aromatic rings. The van der Waals surface area contributed by atoms with Crippen LogP contribution >= 0.6 is 11.6 Å². The average molecular weight is 441 g/mol. The van der Waals surface area contributed by atoms with Crippen molar-refractivity contribution < 1.29 is 22.7 Å². The van der Waals surface area contributed by atoms with Crippen LogP contribution in [0.3, 0.4) is 0 Å². The van der Waals surface area contributed by atoms with Crippen LogP contribution in [0.25, 0.3) is 17.3 Å². The highest BCUT2D eigenvalue weighted by Crippen LogP contribution is 2.34. The minimum Gasteiger partial charge on any atom is -0.461 e. The van der Waals surface area contributed by atoms with Crippen LogP contribution in [0.2, 0.25) is 5.02 Å². The molecule has 1 unspecified atom stereocenters. The van der Waals surface area contributed by atoms with E-state index in [1.54, 1.807) is 24.7 Å². The molecule has 0 aliphatic heterocycles. The summed E-state index contributed by atoms with van der Waals surface area (Å²) in [4.78, 5) is 0. The maximum Gasteiger partial charge on any atom is 0.416 e. The molecule has 0 aliphatic rings. The van der Waals surface area contributed by atoms with E-state index in [4.69, 9.17) is 21.8 Å². The van der Waals surface area contributed by atoms with E-state index in [1.165, 1.54) is 30.5 Å². The van der Waals surface area contributed by atoms with E-state index in [9.17, 15) is 18.3 Å². The van der Waals surface area contributed by atoms with Gasteiger partial charge in [-0.1, -0.05) is 29.8 Å². The molecule has 0 saturated heterocycles. The van der Waals surface area contributed by atoms with Crippen LogP contribution in [-0.4, -0.2) is 21.4 Å². The maximum absolute atomic E-state index is 13.2. The number of aryl methyl sites for hydroxylation is 2. The Morgan fingerprint density at radius 3 is 2.70 bits per heavy atom. The van der Waals surface area contributed by atoms with Crippen molar-refractivity contribution in [1.82, 2.24) is 15.1 Å². The molecule has 0 fully saturated rings. The van der Waals surface area contributed by atoms with E-state index < -0.39 is 18.0 Å². The number of furan rings is 1. The Hall–Kier alpha value is -2.75. The van der Waals surface area contributed by atoms with Crippen LogP contribution in [0.1, 0.15) is 28.9 Å². The highest BCUT2D eigenvalue weighted by molar-refractivity contribution is 6.33. The van der Waals surface area contributed by atoms with Crippen molar-refractivity contribution in [3.05, 3.63) is 69.9 Å². The summed E-state index contributed by atoms with van der Waals surface area (Å²) >= 11 is 6.17. The molecule has 0 amide bonds. The molecule has 10 heteroatoms. The van der Waals surface area contributed by atoms with Gasteiger partial charge in [0.05, 0.1) is 22.5 Å². The van der Waals surface area contributed by atoms with Crippen molar-refractivity contribution in [2.45, 2.75) is 19.3 Å². The fraction of sp³-hybridized carbons (Fsp3) is 0.250. The van der Waals surface area contributed by atoms with Crippen LogP contribution in [0, 0.1) is 6.92 Å². The second-order valence-corrected chi connectivity index (χ2v) is 7.00. The number of hydrogen-bond acceptors (Lipinski definition) is 5. The van der Waals surface area contributed by atoms with E-state index in [-0.39, 0.29) is 23.6 Å². The first kappa shape index (κ1) is 21.9. The zero-order valence-electron chi connectivity index (χ0n) is 16.2. The number of alkyl halides is 3. The molecule has 6 nitrogen and oxygen atoms in total. The second kappa shape index (κ2) is 8.55. The van der Waals surface area contributed by atoms with Gasteiger partial charge in [-0.2, -0.15) is 18.3 Å². The number of aromatic nitrogens is 2. The lowest BCUT2D eigenvalue weighted by atomic mass is 10.1. The van der Waals surface area contributed by atoms with E-state index in [2.05, 4.69) is 10.4 Å². The third-order valence-corrected chi connectivity index (χ3v) is 4.77. The zero-order chi connectivity index (χ0) is 22.1. The molecule has 160 valence electrons. The topological polar surface area (TPSA) is 89.2 Å². The van der Waals surface area contributed by atoms with Crippen molar-refractivity contribution >= 4 is 17.7 Å². The molecule has 1 aromatic carbocycles. The molecule has 0 saturated carbocycles. The Kier molecular flexibility index (Phi) is 6.25. The molecular weight excluding hydrogens is 421 g/mol. The largest absolute Gasteiger partial charge is 0.461 e. The Balaban J connectivity index is 1.88. The van der Waals surface area contributed by atoms with Gasteiger partial charge in [0.2, 0.25) is 0 Å². The number of halogens is 4. The minimum atomic E-state index is -4.51. The standard InChI is InChI=1S/C20H20ClF3N4O2/c1-11-14(18-16(21)10-26-28(18)2)8-17(30-11)19(29)27-13(9-25)7-12-5-3-4-6-15(12)20(22,23)24/h3-8,10,19,27,29H,9,25H2,1-2H3/b13-7+. The second-order valence-electron chi connectivity index (χ2n) is 6.59. The van der Waals surface area contributed by atoms with Gasteiger partial charge in [0, 0.05) is 24.9 Å². The van der Waals surface area contributed by atoms with Gasteiger partial charge >= 0.3 is 6.18 Å². The van der Waals surface area contributed by atoms with Gasteiger partial charge in [-0.25, -0.2) is 0 Å². The lowest BCUT2D eigenvalue weighted by molar-refractivity contribution is -0.137. The molecule has 3 rings (SSSR count). The normalized spacial score (nSPS) is 13.5. The van der Waals surface area contributed by atoms with Gasteiger partial charge in [0.25, 0.3) is 0 Å². The van der Waals surface area contributed by atoms with Gasteiger partial charge < -0.3 is 20.6 Å². The van der Waals surface area contributed by atoms with Crippen molar-refractivity contribution in [1.29, 1.82) is 0 Å². The molecule has 4 N–H and O–H groups in total. The predicted octanol–water partition coefficient (Wildman–Crippen LogP) is 4.24. The summed E-state index contributed by atoms with van der Waals surface area (Å²) in [7, 11) is 1.72. The van der Waals surface area contributed by atoms with Crippen molar-refractivity contribution in [2.75, 3.05) is 6.54 Å². The summed E-state index contributed by atoms with van der Waals surface area (Å²) in [5, 5.41) is 17.7. The summed E-state index contributed by atoms with van der Waals surface area (Å²) in [6, 6.07) is 6.70. The first-order valence-corrected chi connectivity index (χ1v) is 9.29. The highest BCUT2D eigenvalue weighted by Gasteiger charge is 2.32.